The van der Waals surface area contributed by atoms with Crippen LogP contribution in [0, 0.1) is 0 Å². The van der Waals surface area contributed by atoms with Gasteiger partial charge in [-0.1, -0.05) is 12.1 Å². The van der Waals surface area contributed by atoms with Crippen molar-refractivity contribution in [1.82, 2.24) is 9.97 Å². The summed E-state index contributed by atoms with van der Waals surface area (Å²) in [5, 5.41) is 3.24. The lowest BCUT2D eigenvalue weighted by Gasteiger charge is -2.21. The number of fused-ring (bicyclic) bond motifs is 3. The summed E-state index contributed by atoms with van der Waals surface area (Å²) >= 11 is 0. The third-order valence-electron chi connectivity index (χ3n) is 5.02. The van der Waals surface area contributed by atoms with Crippen LogP contribution >= 0.6 is 0 Å². The van der Waals surface area contributed by atoms with Gasteiger partial charge in [0.1, 0.15) is 5.75 Å². The van der Waals surface area contributed by atoms with Gasteiger partial charge in [0.05, 0.1) is 34.1 Å². The van der Waals surface area contributed by atoms with Crippen LogP contribution in [0.15, 0.2) is 36.5 Å². The van der Waals surface area contributed by atoms with Gasteiger partial charge in [0.15, 0.2) is 11.5 Å². The number of anilines is 2. The minimum atomic E-state index is 0.483. The third kappa shape index (κ3) is 3.40. The lowest BCUT2D eigenvalue weighted by atomic mass is 9.89. The van der Waals surface area contributed by atoms with E-state index in [0.29, 0.717) is 23.2 Å². The van der Waals surface area contributed by atoms with E-state index >= 15 is 0 Å². The summed E-state index contributed by atoms with van der Waals surface area (Å²) in [6.07, 6.45) is 3.72. The lowest BCUT2D eigenvalue weighted by molar-refractivity contribution is 0.324. The molecule has 1 N–H and O–H groups in total. The van der Waals surface area contributed by atoms with Crippen molar-refractivity contribution in [1.29, 1.82) is 0 Å². The van der Waals surface area contributed by atoms with Crippen molar-refractivity contribution >= 4 is 11.6 Å². The smallest absolute Gasteiger partial charge is 0.227 e. The van der Waals surface area contributed by atoms with E-state index in [-0.39, 0.29) is 0 Å². The van der Waals surface area contributed by atoms with E-state index in [1.807, 2.05) is 30.5 Å². The van der Waals surface area contributed by atoms with E-state index in [0.717, 1.165) is 41.1 Å². The number of rotatable bonds is 6. The van der Waals surface area contributed by atoms with Crippen molar-refractivity contribution in [3.05, 3.63) is 47.7 Å². The van der Waals surface area contributed by atoms with Crippen molar-refractivity contribution < 1.29 is 18.9 Å². The molecule has 2 aromatic carbocycles. The molecule has 7 nitrogen and oxygen atoms in total. The monoisotopic (exact) mass is 393 g/mol. The standard InChI is InChI=1S/C22H23N3O4/c1-26-16-7-5-6-13-8-9-14-12-23-22(25-20(14)19(13)16)24-15-10-17(27-2)21(29-4)18(11-15)28-3/h5-7,10-12H,8-9H2,1-4H3,(H,23,24,25). The largest absolute Gasteiger partial charge is 0.496 e. The number of methoxy groups -OCH3 is 4. The van der Waals surface area contributed by atoms with Gasteiger partial charge in [-0.15, -0.1) is 0 Å². The highest BCUT2D eigenvalue weighted by molar-refractivity contribution is 5.76. The number of aromatic nitrogens is 2. The Morgan fingerprint density at radius 1 is 0.828 bits per heavy atom. The molecule has 0 fully saturated rings. The van der Waals surface area contributed by atoms with E-state index in [4.69, 9.17) is 23.9 Å². The van der Waals surface area contributed by atoms with Crippen LogP contribution in [0.25, 0.3) is 11.3 Å². The molecule has 150 valence electrons. The van der Waals surface area contributed by atoms with Crippen molar-refractivity contribution in [3.63, 3.8) is 0 Å². The molecule has 1 aromatic heterocycles. The van der Waals surface area contributed by atoms with Gasteiger partial charge in [-0.25, -0.2) is 9.97 Å². The summed E-state index contributed by atoms with van der Waals surface area (Å²) < 4.78 is 21.8. The van der Waals surface area contributed by atoms with E-state index in [1.54, 1.807) is 28.4 Å². The summed E-state index contributed by atoms with van der Waals surface area (Å²) in [6, 6.07) is 9.73. The Hall–Kier alpha value is -3.48. The van der Waals surface area contributed by atoms with Gasteiger partial charge in [0.2, 0.25) is 11.7 Å². The Morgan fingerprint density at radius 3 is 2.17 bits per heavy atom. The highest BCUT2D eigenvalue weighted by Gasteiger charge is 2.22. The molecule has 7 heteroatoms. The number of nitrogens with one attached hydrogen (secondary N) is 1. The van der Waals surface area contributed by atoms with Crippen LogP contribution in [0.5, 0.6) is 23.0 Å². The second-order valence-corrected chi connectivity index (χ2v) is 6.60. The maximum absolute atomic E-state index is 5.59. The Morgan fingerprint density at radius 2 is 1.52 bits per heavy atom. The predicted octanol–water partition coefficient (Wildman–Crippen LogP) is 4.02. The molecular weight excluding hydrogens is 370 g/mol. The molecule has 0 bridgehead atoms. The highest BCUT2D eigenvalue weighted by Crippen LogP contribution is 2.41. The van der Waals surface area contributed by atoms with Gasteiger partial charge in [-0.05, 0) is 30.0 Å². The van der Waals surface area contributed by atoms with Crippen molar-refractivity contribution in [2.45, 2.75) is 12.8 Å². The molecule has 29 heavy (non-hydrogen) atoms. The average molecular weight is 393 g/mol. The number of benzene rings is 2. The Labute approximate surface area is 169 Å². The third-order valence-corrected chi connectivity index (χ3v) is 5.02. The molecule has 0 unspecified atom stereocenters. The van der Waals surface area contributed by atoms with Crippen molar-refractivity contribution in [2.24, 2.45) is 0 Å². The Bertz CT molecular complexity index is 1010. The fourth-order valence-electron chi connectivity index (χ4n) is 3.64. The minimum Gasteiger partial charge on any atom is -0.496 e. The van der Waals surface area contributed by atoms with Crippen LogP contribution in [0.4, 0.5) is 11.6 Å². The van der Waals surface area contributed by atoms with Crippen LogP contribution < -0.4 is 24.3 Å². The first-order valence-electron chi connectivity index (χ1n) is 9.27. The first kappa shape index (κ1) is 18.9. The van der Waals surface area contributed by atoms with E-state index in [9.17, 15) is 0 Å². The van der Waals surface area contributed by atoms with Crippen LogP contribution in [0.3, 0.4) is 0 Å². The molecule has 4 rings (SSSR count). The minimum absolute atomic E-state index is 0.483. The van der Waals surface area contributed by atoms with Crippen molar-refractivity contribution in [3.8, 4) is 34.3 Å². The maximum Gasteiger partial charge on any atom is 0.227 e. The van der Waals surface area contributed by atoms with Gasteiger partial charge < -0.3 is 24.3 Å². The summed E-state index contributed by atoms with van der Waals surface area (Å²) in [6.45, 7) is 0. The van der Waals surface area contributed by atoms with Crippen molar-refractivity contribution in [2.75, 3.05) is 33.8 Å². The van der Waals surface area contributed by atoms with Crippen LogP contribution in [0.1, 0.15) is 11.1 Å². The molecule has 3 aromatic rings. The van der Waals surface area contributed by atoms with Crippen LogP contribution in [0.2, 0.25) is 0 Å². The highest BCUT2D eigenvalue weighted by atomic mass is 16.5. The zero-order valence-electron chi connectivity index (χ0n) is 16.9. The van der Waals surface area contributed by atoms with E-state index < -0.39 is 0 Å². The summed E-state index contributed by atoms with van der Waals surface area (Å²) in [7, 11) is 6.42. The van der Waals surface area contributed by atoms with E-state index in [2.05, 4.69) is 16.4 Å². The molecule has 0 amide bonds. The first-order chi connectivity index (χ1) is 14.2. The number of nitrogens with zero attached hydrogens (tertiary/aromatic N) is 2. The molecule has 0 saturated carbocycles. The summed E-state index contributed by atoms with van der Waals surface area (Å²) in [5.74, 6) is 2.95. The van der Waals surface area contributed by atoms with Crippen LogP contribution in [-0.4, -0.2) is 38.4 Å². The Balaban J connectivity index is 1.74. The fourth-order valence-corrected chi connectivity index (χ4v) is 3.64. The topological polar surface area (TPSA) is 74.7 Å². The quantitative estimate of drug-likeness (QED) is 0.678. The second-order valence-electron chi connectivity index (χ2n) is 6.60. The lowest BCUT2D eigenvalue weighted by Crippen LogP contribution is -2.10. The number of aryl methyl sites for hydroxylation is 2. The number of hydrogen-bond acceptors (Lipinski definition) is 7. The SMILES string of the molecule is COc1cc(Nc2ncc3c(n2)-c2c(cccc2OC)CC3)cc(OC)c1OC. The molecule has 0 atom stereocenters. The fraction of sp³-hybridized carbons (Fsp3) is 0.273. The van der Waals surface area contributed by atoms with Gasteiger partial charge in [-0.3, -0.25) is 0 Å². The zero-order valence-corrected chi connectivity index (χ0v) is 16.9. The predicted molar refractivity (Wildman–Crippen MR) is 111 cm³/mol. The molecule has 1 aliphatic rings. The molecular formula is C22H23N3O4. The second kappa shape index (κ2) is 7.87. The van der Waals surface area contributed by atoms with Gasteiger partial charge in [-0.2, -0.15) is 0 Å². The molecule has 0 aliphatic heterocycles. The number of hydrogen-bond donors (Lipinski definition) is 1. The molecule has 0 spiro atoms. The summed E-state index contributed by atoms with van der Waals surface area (Å²) in [5.41, 5.74) is 5.00. The summed E-state index contributed by atoms with van der Waals surface area (Å²) in [4.78, 5) is 9.29. The van der Waals surface area contributed by atoms with Gasteiger partial charge in [0.25, 0.3) is 0 Å². The molecule has 0 radical (unpaired) electrons. The van der Waals surface area contributed by atoms with E-state index in [1.165, 1.54) is 5.56 Å². The van der Waals surface area contributed by atoms with Gasteiger partial charge in [0, 0.05) is 29.6 Å². The van der Waals surface area contributed by atoms with Crippen LogP contribution in [-0.2, 0) is 12.8 Å². The van der Waals surface area contributed by atoms with Gasteiger partial charge >= 0.3 is 0 Å². The number of ether oxygens (including phenoxy) is 4. The average Bonchev–Trinajstić information content (AvgIpc) is 2.77. The molecule has 0 saturated heterocycles. The Kier molecular flexibility index (Phi) is 5.12. The first-order valence-corrected chi connectivity index (χ1v) is 9.27. The molecule has 1 heterocycles. The molecule has 1 aliphatic carbocycles. The maximum atomic E-state index is 5.59. The zero-order chi connectivity index (χ0) is 20.4. The normalized spacial score (nSPS) is 11.9.